The van der Waals surface area contributed by atoms with E-state index in [1.165, 1.54) is 0 Å². The molecule has 0 aromatic heterocycles. The second-order valence-corrected chi connectivity index (χ2v) is 4.83. The average Bonchev–Trinajstić information content (AvgIpc) is 2.18. The highest BCUT2D eigenvalue weighted by molar-refractivity contribution is 7.85. The van der Waals surface area contributed by atoms with Crippen LogP contribution < -0.4 is 11.5 Å². The lowest BCUT2D eigenvalue weighted by Crippen LogP contribution is -2.40. The molecular formula is C10H14N2O2S. The minimum Gasteiger partial charge on any atom is -0.368 e. The van der Waals surface area contributed by atoms with Crippen molar-refractivity contribution in [1.29, 1.82) is 0 Å². The van der Waals surface area contributed by atoms with E-state index in [-0.39, 0.29) is 5.75 Å². The summed E-state index contributed by atoms with van der Waals surface area (Å²) in [5.41, 5.74) is 11.5. The summed E-state index contributed by atoms with van der Waals surface area (Å²) in [5.74, 6) is -0.561. The number of carbonyl (C=O) groups excluding carboxylic acids is 1. The van der Waals surface area contributed by atoms with Gasteiger partial charge in [-0.05, 0) is 19.1 Å². The summed E-state index contributed by atoms with van der Waals surface area (Å²) >= 11 is 0. The fourth-order valence-electron chi connectivity index (χ4n) is 1.03. The largest absolute Gasteiger partial charge is 0.368 e. The lowest BCUT2D eigenvalue weighted by atomic mass is 10.2. The van der Waals surface area contributed by atoms with Gasteiger partial charge in [-0.3, -0.25) is 9.00 Å². The zero-order valence-corrected chi connectivity index (χ0v) is 9.29. The van der Waals surface area contributed by atoms with Gasteiger partial charge in [0, 0.05) is 4.90 Å². The highest BCUT2D eigenvalue weighted by atomic mass is 32.2. The Hall–Kier alpha value is -1.20. The number of hydrogen-bond donors (Lipinski definition) is 2. The average molecular weight is 226 g/mol. The van der Waals surface area contributed by atoms with Crippen molar-refractivity contribution in [1.82, 2.24) is 0 Å². The number of benzene rings is 1. The summed E-state index contributed by atoms with van der Waals surface area (Å²) in [4.78, 5) is 11.3. The Labute approximate surface area is 91.1 Å². The number of nitrogens with two attached hydrogens (primary N) is 2. The van der Waals surface area contributed by atoms with E-state index in [1.54, 1.807) is 12.1 Å². The lowest BCUT2D eigenvalue weighted by Gasteiger charge is -2.07. The number of aryl methyl sites for hydroxylation is 1. The van der Waals surface area contributed by atoms with E-state index in [4.69, 9.17) is 11.5 Å². The fourth-order valence-corrected chi connectivity index (χ4v) is 2.15. The van der Waals surface area contributed by atoms with E-state index in [9.17, 15) is 9.00 Å². The first-order valence-electron chi connectivity index (χ1n) is 4.50. The van der Waals surface area contributed by atoms with E-state index in [0.29, 0.717) is 4.90 Å². The molecule has 0 bridgehead atoms. The topological polar surface area (TPSA) is 86.2 Å². The molecule has 0 fully saturated rings. The molecule has 4 nitrogen and oxygen atoms in total. The van der Waals surface area contributed by atoms with Crippen LogP contribution in [0.3, 0.4) is 0 Å². The molecule has 0 aliphatic heterocycles. The maximum absolute atomic E-state index is 11.7. The molecule has 0 radical (unpaired) electrons. The van der Waals surface area contributed by atoms with Gasteiger partial charge in [-0.15, -0.1) is 0 Å². The fraction of sp³-hybridized carbons (Fsp3) is 0.300. The van der Waals surface area contributed by atoms with Crippen molar-refractivity contribution < 1.29 is 9.00 Å². The highest BCUT2D eigenvalue weighted by Crippen LogP contribution is 2.08. The standard InChI is InChI=1S/C10H14N2O2S/c1-7-2-4-8(5-3-7)15(14)6-9(11)10(12)13/h2-5,9H,6,11H2,1H3,(H2,12,13). The third-order valence-corrected chi connectivity index (χ3v) is 3.44. The van der Waals surface area contributed by atoms with Crippen LogP contribution >= 0.6 is 0 Å². The molecule has 0 aliphatic rings. The summed E-state index contributed by atoms with van der Waals surface area (Å²) in [7, 11) is -1.27. The Balaban J connectivity index is 2.69. The van der Waals surface area contributed by atoms with Crippen molar-refractivity contribution in [2.45, 2.75) is 17.9 Å². The Bertz CT molecular complexity index is 376. The first-order chi connectivity index (χ1) is 7.00. The molecule has 0 heterocycles. The third-order valence-electron chi connectivity index (χ3n) is 1.98. The first kappa shape index (κ1) is 11.9. The van der Waals surface area contributed by atoms with Crippen LogP contribution in [0, 0.1) is 6.92 Å². The molecular weight excluding hydrogens is 212 g/mol. The smallest absolute Gasteiger partial charge is 0.235 e. The van der Waals surface area contributed by atoms with Crippen molar-refractivity contribution >= 4 is 16.7 Å². The van der Waals surface area contributed by atoms with Gasteiger partial charge in [0.2, 0.25) is 5.91 Å². The van der Waals surface area contributed by atoms with Crippen LogP contribution in [0.15, 0.2) is 29.2 Å². The van der Waals surface area contributed by atoms with Gasteiger partial charge >= 0.3 is 0 Å². The van der Waals surface area contributed by atoms with E-state index in [0.717, 1.165) is 5.56 Å². The van der Waals surface area contributed by atoms with Crippen molar-refractivity contribution in [3.05, 3.63) is 29.8 Å². The SMILES string of the molecule is Cc1ccc(S(=O)CC(N)C(N)=O)cc1. The minimum absolute atomic E-state index is 0.0679. The number of amides is 1. The molecule has 0 aliphatic carbocycles. The second-order valence-electron chi connectivity index (χ2n) is 3.33. The van der Waals surface area contributed by atoms with E-state index >= 15 is 0 Å². The predicted octanol–water partition coefficient (Wildman–Crippen LogP) is -0.0848. The van der Waals surface area contributed by atoms with Gasteiger partial charge in [-0.1, -0.05) is 17.7 Å². The molecule has 1 amide bonds. The molecule has 1 aromatic carbocycles. The van der Waals surface area contributed by atoms with Gasteiger partial charge in [-0.25, -0.2) is 0 Å². The molecule has 0 saturated carbocycles. The quantitative estimate of drug-likeness (QED) is 0.752. The highest BCUT2D eigenvalue weighted by Gasteiger charge is 2.14. The Morgan fingerprint density at radius 3 is 2.40 bits per heavy atom. The minimum atomic E-state index is -1.27. The van der Waals surface area contributed by atoms with Gasteiger partial charge in [0.15, 0.2) is 0 Å². The van der Waals surface area contributed by atoms with Gasteiger partial charge in [0.1, 0.15) is 0 Å². The molecule has 0 spiro atoms. The molecule has 1 rings (SSSR count). The van der Waals surface area contributed by atoms with Crippen LogP contribution in [-0.4, -0.2) is 21.9 Å². The molecule has 5 heteroatoms. The molecule has 4 N–H and O–H groups in total. The number of rotatable bonds is 4. The van der Waals surface area contributed by atoms with Crippen LogP contribution in [0.5, 0.6) is 0 Å². The third kappa shape index (κ3) is 3.45. The maximum Gasteiger partial charge on any atom is 0.235 e. The molecule has 2 atom stereocenters. The van der Waals surface area contributed by atoms with Gasteiger partial charge < -0.3 is 11.5 Å². The Morgan fingerprint density at radius 2 is 1.93 bits per heavy atom. The predicted molar refractivity (Wildman–Crippen MR) is 59.6 cm³/mol. The number of hydrogen-bond acceptors (Lipinski definition) is 3. The van der Waals surface area contributed by atoms with Crippen LogP contribution in [0.1, 0.15) is 5.56 Å². The summed E-state index contributed by atoms with van der Waals surface area (Å²) < 4.78 is 11.7. The van der Waals surface area contributed by atoms with Crippen molar-refractivity contribution in [3.8, 4) is 0 Å². The van der Waals surface area contributed by atoms with E-state index in [2.05, 4.69) is 0 Å². The zero-order valence-electron chi connectivity index (χ0n) is 8.47. The molecule has 1 aromatic rings. The summed E-state index contributed by atoms with van der Waals surface area (Å²) in [6.45, 7) is 1.95. The van der Waals surface area contributed by atoms with Gasteiger partial charge in [0.05, 0.1) is 22.6 Å². The first-order valence-corrected chi connectivity index (χ1v) is 5.82. The van der Waals surface area contributed by atoms with Crippen LogP contribution in [0.2, 0.25) is 0 Å². The number of carbonyl (C=O) groups is 1. The normalized spacial score (nSPS) is 14.5. The summed E-state index contributed by atoms with van der Waals surface area (Å²) in [5, 5.41) is 0. The molecule has 2 unspecified atom stereocenters. The van der Waals surface area contributed by atoms with Crippen LogP contribution in [0.25, 0.3) is 0 Å². The molecule has 15 heavy (non-hydrogen) atoms. The zero-order chi connectivity index (χ0) is 11.4. The Kier molecular flexibility index (Phi) is 3.99. The maximum atomic E-state index is 11.7. The molecule has 82 valence electrons. The number of primary amides is 1. The van der Waals surface area contributed by atoms with Crippen molar-refractivity contribution in [2.24, 2.45) is 11.5 Å². The van der Waals surface area contributed by atoms with E-state index < -0.39 is 22.7 Å². The summed E-state index contributed by atoms with van der Waals surface area (Å²) in [6, 6.07) is 6.40. The lowest BCUT2D eigenvalue weighted by molar-refractivity contribution is -0.118. The van der Waals surface area contributed by atoms with Crippen molar-refractivity contribution in [3.63, 3.8) is 0 Å². The second kappa shape index (κ2) is 5.04. The van der Waals surface area contributed by atoms with Gasteiger partial charge in [0.25, 0.3) is 0 Å². The van der Waals surface area contributed by atoms with Crippen LogP contribution in [-0.2, 0) is 15.6 Å². The van der Waals surface area contributed by atoms with Crippen LogP contribution in [0.4, 0.5) is 0 Å². The molecule has 0 saturated heterocycles. The monoisotopic (exact) mass is 226 g/mol. The van der Waals surface area contributed by atoms with E-state index in [1.807, 2.05) is 19.1 Å². The summed E-state index contributed by atoms with van der Waals surface area (Å²) in [6.07, 6.45) is 0. The Morgan fingerprint density at radius 1 is 1.40 bits per heavy atom. The van der Waals surface area contributed by atoms with Crippen molar-refractivity contribution in [2.75, 3.05) is 5.75 Å². The van der Waals surface area contributed by atoms with Gasteiger partial charge in [-0.2, -0.15) is 0 Å².